The van der Waals surface area contributed by atoms with Gasteiger partial charge in [-0.2, -0.15) is 0 Å². The van der Waals surface area contributed by atoms with Gasteiger partial charge in [0.1, 0.15) is 18.0 Å². The minimum absolute atomic E-state index is 0.250. The van der Waals surface area contributed by atoms with Gasteiger partial charge in [-0.15, -0.1) is 0 Å². The lowest BCUT2D eigenvalue weighted by Crippen LogP contribution is -2.37. The van der Waals surface area contributed by atoms with Crippen LogP contribution in [0.25, 0.3) is 11.1 Å². The Morgan fingerprint density at radius 3 is 2.60 bits per heavy atom. The first-order chi connectivity index (χ1) is 11.9. The fourth-order valence-electron chi connectivity index (χ4n) is 2.74. The van der Waals surface area contributed by atoms with Gasteiger partial charge in [-0.05, 0) is 54.3 Å². The van der Waals surface area contributed by atoms with Gasteiger partial charge in [0.05, 0.1) is 6.61 Å². The fraction of sp³-hybridized carbons (Fsp3) is 0.263. The van der Waals surface area contributed by atoms with Gasteiger partial charge in [-0.3, -0.25) is 9.79 Å². The molecule has 0 fully saturated rings. The van der Waals surface area contributed by atoms with E-state index in [9.17, 15) is 0 Å². The molecule has 1 atom stereocenters. The van der Waals surface area contributed by atoms with Crippen LogP contribution in [0.4, 0.5) is 0 Å². The first kappa shape index (κ1) is 19.0. The summed E-state index contributed by atoms with van der Waals surface area (Å²) in [7, 11) is 0. The zero-order valence-corrected chi connectivity index (χ0v) is 15.0. The van der Waals surface area contributed by atoms with Crippen molar-refractivity contribution in [2.24, 2.45) is 10.7 Å². The van der Waals surface area contributed by atoms with Gasteiger partial charge < -0.3 is 15.6 Å². The van der Waals surface area contributed by atoms with Crippen LogP contribution in [-0.4, -0.2) is 30.6 Å². The molecule has 25 heavy (non-hydrogen) atoms. The smallest absolute Gasteiger partial charge is 0.290 e. The second-order valence-corrected chi connectivity index (χ2v) is 6.43. The maximum atomic E-state index is 8.36. The molecule has 132 valence electrons. The van der Waals surface area contributed by atoms with Gasteiger partial charge >= 0.3 is 0 Å². The molecule has 2 aromatic carbocycles. The average molecular weight is 361 g/mol. The number of hydrogen-bond acceptors (Lipinski definition) is 4. The Bertz CT molecular complexity index is 792. The third-order valence-electron chi connectivity index (χ3n) is 4.00. The molecule has 0 saturated carbocycles. The highest BCUT2D eigenvalue weighted by Crippen LogP contribution is 2.32. The van der Waals surface area contributed by atoms with E-state index < -0.39 is 5.54 Å². The number of amidine groups is 1. The largest absolute Gasteiger partial charge is 0.483 e. The number of ether oxygens (including phenoxy) is 1. The van der Waals surface area contributed by atoms with Crippen LogP contribution in [-0.2, 0) is 15.1 Å². The molecule has 1 unspecified atom stereocenters. The zero-order valence-electron chi connectivity index (χ0n) is 14.2. The molecule has 3 rings (SSSR count). The Morgan fingerprint density at radius 2 is 1.96 bits per heavy atom. The van der Waals surface area contributed by atoms with Crippen molar-refractivity contribution in [2.45, 2.75) is 19.4 Å². The molecule has 0 aliphatic carbocycles. The van der Waals surface area contributed by atoms with Gasteiger partial charge in [-0.1, -0.05) is 35.9 Å². The molecule has 1 aliphatic heterocycles. The topological polar surface area (TPSA) is 84.9 Å². The van der Waals surface area contributed by atoms with E-state index in [1.54, 1.807) is 0 Å². The Hall–Kier alpha value is -2.37. The predicted octanol–water partition coefficient (Wildman–Crippen LogP) is 3.62. The average Bonchev–Trinajstić information content (AvgIpc) is 2.58. The number of carbonyl (C=O) groups is 1. The number of nitrogens with zero attached hydrogens (tertiary/aromatic N) is 1. The number of nitrogens with two attached hydrogens (primary N) is 1. The summed E-state index contributed by atoms with van der Waals surface area (Å²) in [5.74, 6) is 0.543. The van der Waals surface area contributed by atoms with Gasteiger partial charge in [0.2, 0.25) is 0 Å². The number of rotatable bonds is 2. The molecule has 6 heteroatoms. The van der Waals surface area contributed by atoms with E-state index >= 15 is 0 Å². The molecule has 0 amide bonds. The van der Waals surface area contributed by atoms with E-state index in [0.717, 1.165) is 27.3 Å². The van der Waals surface area contributed by atoms with Crippen LogP contribution in [0, 0.1) is 6.92 Å². The molecule has 5 nitrogen and oxygen atoms in total. The van der Waals surface area contributed by atoms with Crippen molar-refractivity contribution in [1.29, 1.82) is 0 Å². The van der Waals surface area contributed by atoms with Crippen molar-refractivity contribution >= 4 is 23.9 Å². The SMILES string of the molecule is Cc1cc(-c2cccc(C3(C)COCC(N)=N3)c2)ccc1Cl.O=CO. The maximum absolute atomic E-state index is 8.36. The van der Waals surface area contributed by atoms with Crippen LogP contribution in [0.1, 0.15) is 18.1 Å². The standard InChI is InChI=1S/C18H19ClN2O.CH2O2/c1-12-8-14(6-7-16(12)19)13-4-3-5-15(9-13)18(2)11-22-10-17(20)21-18;2-1-3/h3-9H,10-11H2,1-2H3,(H2,20,21);1H,(H,2,3). The monoisotopic (exact) mass is 360 g/mol. The van der Waals surface area contributed by atoms with Gasteiger partial charge in [0.15, 0.2) is 0 Å². The third kappa shape index (κ3) is 4.59. The minimum atomic E-state index is -0.431. The summed E-state index contributed by atoms with van der Waals surface area (Å²) in [5, 5.41) is 7.67. The molecule has 1 heterocycles. The molecule has 2 aromatic rings. The summed E-state index contributed by atoms with van der Waals surface area (Å²) in [5.41, 5.74) is 9.86. The van der Waals surface area contributed by atoms with E-state index in [2.05, 4.69) is 29.3 Å². The lowest BCUT2D eigenvalue weighted by atomic mass is 9.90. The van der Waals surface area contributed by atoms with E-state index in [-0.39, 0.29) is 6.47 Å². The van der Waals surface area contributed by atoms with Crippen LogP contribution in [0.2, 0.25) is 5.02 Å². The minimum Gasteiger partial charge on any atom is -0.483 e. The number of aryl methyl sites for hydroxylation is 1. The van der Waals surface area contributed by atoms with Crippen molar-refractivity contribution in [3.8, 4) is 11.1 Å². The van der Waals surface area contributed by atoms with Gasteiger partial charge in [0, 0.05) is 5.02 Å². The van der Waals surface area contributed by atoms with Crippen molar-refractivity contribution < 1.29 is 14.6 Å². The van der Waals surface area contributed by atoms with Crippen LogP contribution in [0.15, 0.2) is 47.5 Å². The second-order valence-electron chi connectivity index (χ2n) is 6.02. The van der Waals surface area contributed by atoms with Gasteiger partial charge in [-0.25, -0.2) is 0 Å². The molecule has 0 spiro atoms. The fourth-order valence-corrected chi connectivity index (χ4v) is 2.86. The normalized spacial score (nSPS) is 19.4. The van der Waals surface area contributed by atoms with E-state index in [0.29, 0.717) is 19.0 Å². The summed E-state index contributed by atoms with van der Waals surface area (Å²) < 4.78 is 5.56. The highest BCUT2D eigenvalue weighted by molar-refractivity contribution is 6.31. The van der Waals surface area contributed by atoms with Crippen molar-refractivity contribution in [3.63, 3.8) is 0 Å². The van der Waals surface area contributed by atoms with Crippen molar-refractivity contribution in [2.75, 3.05) is 13.2 Å². The summed E-state index contributed by atoms with van der Waals surface area (Å²) in [6, 6.07) is 14.4. The predicted molar refractivity (Wildman–Crippen MR) is 100 cm³/mol. The summed E-state index contributed by atoms with van der Waals surface area (Å²) in [4.78, 5) is 13.0. The van der Waals surface area contributed by atoms with E-state index in [4.69, 9.17) is 32.0 Å². The first-order valence-corrected chi connectivity index (χ1v) is 8.14. The Balaban J connectivity index is 0.000000701. The van der Waals surface area contributed by atoms with Gasteiger partial charge in [0.25, 0.3) is 6.47 Å². The second kappa shape index (κ2) is 8.14. The molecule has 0 bridgehead atoms. The quantitative estimate of drug-likeness (QED) is 0.801. The van der Waals surface area contributed by atoms with Crippen LogP contribution in [0.5, 0.6) is 0 Å². The molecule has 1 aliphatic rings. The zero-order chi connectivity index (χ0) is 18.4. The number of aliphatic imine (C=N–C) groups is 1. The Morgan fingerprint density at radius 1 is 1.28 bits per heavy atom. The molecule has 0 aromatic heterocycles. The van der Waals surface area contributed by atoms with E-state index in [1.165, 1.54) is 0 Å². The first-order valence-electron chi connectivity index (χ1n) is 7.76. The summed E-state index contributed by atoms with van der Waals surface area (Å²) >= 11 is 6.11. The van der Waals surface area contributed by atoms with Crippen LogP contribution >= 0.6 is 11.6 Å². The maximum Gasteiger partial charge on any atom is 0.290 e. The summed E-state index contributed by atoms with van der Waals surface area (Å²) in [6.07, 6.45) is 0. The summed E-state index contributed by atoms with van der Waals surface area (Å²) in [6.45, 7) is 4.75. The van der Waals surface area contributed by atoms with Crippen LogP contribution < -0.4 is 5.73 Å². The highest BCUT2D eigenvalue weighted by Gasteiger charge is 2.30. The number of hydrogen-bond donors (Lipinski definition) is 2. The molecule has 3 N–H and O–H groups in total. The molecular weight excluding hydrogens is 340 g/mol. The van der Waals surface area contributed by atoms with E-state index in [1.807, 2.05) is 32.0 Å². The number of carboxylic acid groups (broad SMARTS) is 1. The highest BCUT2D eigenvalue weighted by atomic mass is 35.5. The lowest BCUT2D eigenvalue weighted by molar-refractivity contribution is -0.122. The lowest BCUT2D eigenvalue weighted by Gasteiger charge is -2.30. The van der Waals surface area contributed by atoms with Crippen LogP contribution in [0.3, 0.4) is 0 Å². The Labute approximate surface area is 152 Å². The molecular formula is C19H21ClN2O3. The molecule has 0 saturated heterocycles. The van der Waals surface area contributed by atoms with Crippen molar-refractivity contribution in [3.05, 3.63) is 58.6 Å². The number of halogens is 1. The Kier molecular flexibility index (Phi) is 6.17. The molecule has 0 radical (unpaired) electrons. The third-order valence-corrected chi connectivity index (χ3v) is 4.42. The number of benzene rings is 2. The van der Waals surface area contributed by atoms with Crippen molar-refractivity contribution in [1.82, 2.24) is 0 Å².